The number of methoxy groups -OCH3 is 1. The zero-order valence-corrected chi connectivity index (χ0v) is 11.8. The summed E-state index contributed by atoms with van der Waals surface area (Å²) in [5.74, 6) is -0.258. The van der Waals surface area contributed by atoms with Gasteiger partial charge < -0.3 is 4.74 Å². The van der Waals surface area contributed by atoms with Crippen molar-refractivity contribution in [2.45, 2.75) is 32.1 Å². The highest BCUT2D eigenvalue weighted by atomic mass is 79.9. The maximum Gasteiger partial charge on any atom is 0.337 e. The Kier molecular flexibility index (Phi) is 6.94. The Morgan fingerprint density at radius 3 is 2.71 bits per heavy atom. The number of rotatable bonds is 7. The van der Waals surface area contributed by atoms with E-state index < -0.39 is 0 Å². The molecule has 17 heavy (non-hydrogen) atoms. The third kappa shape index (κ3) is 5.35. The van der Waals surface area contributed by atoms with Gasteiger partial charge in [-0.05, 0) is 37.0 Å². The summed E-state index contributed by atoms with van der Waals surface area (Å²) < 4.78 is 4.70. The van der Waals surface area contributed by atoms with Gasteiger partial charge in [-0.2, -0.15) is 0 Å². The summed E-state index contributed by atoms with van der Waals surface area (Å²) in [6.07, 6.45) is 5.96. The van der Waals surface area contributed by atoms with E-state index in [-0.39, 0.29) is 5.97 Å². The topological polar surface area (TPSA) is 26.3 Å². The van der Waals surface area contributed by atoms with Crippen molar-refractivity contribution in [3.8, 4) is 0 Å². The summed E-state index contributed by atoms with van der Waals surface area (Å²) in [6, 6.07) is 7.70. The van der Waals surface area contributed by atoms with E-state index >= 15 is 0 Å². The molecule has 0 amide bonds. The van der Waals surface area contributed by atoms with Crippen molar-refractivity contribution in [1.82, 2.24) is 0 Å². The lowest BCUT2D eigenvalue weighted by Crippen LogP contribution is -2.01. The second kappa shape index (κ2) is 8.29. The molecular weight excluding hydrogens is 280 g/mol. The van der Waals surface area contributed by atoms with Crippen molar-refractivity contribution in [2.24, 2.45) is 0 Å². The smallest absolute Gasteiger partial charge is 0.337 e. The Balaban J connectivity index is 2.40. The van der Waals surface area contributed by atoms with E-state index in [1.54, 1.807) is 6.07 Å². The highest BCUT2D eigenvalue weighted by Gasteiger charge is 2.05. The van der Waals surface area contributed by atoms with Crippen molar-refractivity contribution < 1.29 is 9.53 Å². The van der Waals surface area contributed by atoms with Crippen LogP contribution in [0.1, 0.15) is 41.6 Å². The van der Waals surface area contributed by atoms with E-state index in [1.807, 2.05) is 12.1 Å². The molecule has 0 bridgehead atoms. The largest absolute Gasteiger partial charge is 0.465 e. The molecule has 0 fully saturated rings. The van der Waals surface area contributed by atoms with Gasteiger partial charge in [0.25, 0.3) is 0 Å². The summed E-state index contributed by atoms with van der Waals surface area (Å²) in [5, 5.41) is 1.09. The Morgan fingerprint density at radius 2 is 2.00 bits per heavy atom. The first-order chi connectivity index (χ1) is 8.27. The normalized spacial score (nSPS) is 10.2. The summed E-state index contributed by atoms with van der Waals surface area (Å²) in [5.41, 5.74) is 1.86. The summed E-state index contributed by atoms with van der Waals surface area (Å²) in [7, 11) is 1.41. The van der Waals surface area contributed by atoms with E-state index in [2.05, 4.69) is 22.0 Å². The van der Waals surface area contributed by atoms with Gasteiger partial charge in [-0.15, -0.1) is 0 Å². The lowest BCUT2D eigenvalue weighted by molar-refractivity contribution is 0.0600. The molecule has 0 aliphatic carbocycles. The van der Waals surface area contributed by atoms with Crippen LogP contribution in [0.2, 0.25) is 0 Å². The van der Waals surface area contributed by atoms with Crippen LogP contribution < -0.4 is 0 Å². The van der Waals surface area contributed by atoms with Crippen LogP contribution in [-0.2, 0) is 11.2 Å². The Labute approximate surface area is 111 Å². The number of carbonyl (C=O) groups excluding carboxylic acids is 1. The van der Waals surface area contributed by atoms with Crippen molar-refractivity contribution in [3.63, 3.8) is 0 Å². The first kappa shape index (κ1) is 14.2. The number of alkyl halides is 1. The van der Waals surface area contributed by atoms with E-state index in [0.29, 0.717) is 5.56 Å². The average Bonchev–Trinajstić information content (AvgIpc) is 2.38. The van der Waals surface area contributed by atoms with Gasteiger partial charge in [-0.25, -0.2) is 4.79 Å². The van der Waals surface area contributed by atoms with E-state index in [9.17, 15) is 4.79 Å². The zero-order chi connectivity index (χ0) is 12.5. The number of aryl methyl sites for hydroxylation is 1. The number of hydrogen-bond acceptors (Lipinski definition) is 2. The molecule has 1 aromatic carbocycles. The second-order valence-corrected chi connectivity index (χ2v) is 4.84. The van der Waals surface area contributed by atoms with Gasteiger partial charge in [0, 0.05) is 5.33 Å². The fourth-order valence-corrected chi connectivity index (χ4v) is 2.15. The van der Waals surface area contributed by atoms with Gasteiger partial charge in [0.1, 0.15) is 0 Å². The van der Waals surface area contributed by atoms with Crippen LogP contribution in [0, 0.1) is 0 Å². The molecule has 2 nitrogen and oxygen atoms in total. The first-order valence-electron chi connectivity index (χ1n) is 6.01. The summed E-state index contributed by atoms with van der Waals surface area (Å²) in [6.45, 7) is 0. The SMILES string of the molecule is COC(=O)c1cccc(CCCCCCBr)c1. The maximum absolute atomic E-state index is 11.4. The molecule has 0 heterocycles. The van der Waals surface area contributed by atoms with Crippen LogP contribution in [0.25, 0.3) is 0 Å². The molecule has 0 radical (unpaired) electrons. The molecule has 0 unspecified atom stereocenters. The van der Waals surface area contributed by atoms with Gasteiger partial charge in [0.05, 0.1) is 12.7 Å². The Morgan fingerprint density at radius 1 is 1.24 bits per heavy atom. The zero-order valence-electron chi connectivity index (χ0n) is 10.2. The number of carbonyl (C=O) groups is 1. The van der Waals surface area contributed by atoms with E-state index in [4.69, 9.17) is 4.74 Å². The standard InChI is InChI=1S/C14H19BrO2/c1-17-14(16)13-9-6-8-12(11-13)7-4-2-3-5-10-15/h6,8-9,11H,2-5,7,10H2,1H3. The number of esters is 1. The second-order valence-electron chi connectivity index (χ2n) is 4.05. The number of ether oxygens (including phenoxy) is 1. The predicted molar refractivity (Wildman–Crippen MR) is 73.7 cm³/mol. The maximum atomic E-state index is 11.4. The number of unbranched alkanes of at least 4 members (excludes halogenated alkanes) is 3. The van der Waals surface area contributed by atoms with Crippen LogP contribution in [0.15, 0.2) is 24.3 Å². The number of benzene rings is 1. The molecule has 0 saturated carbocycles. The van der Waals surface area contributed by atoms with Gasteiger partial charge in [0.2, 0.25) is 0 Å². The fourth-order valence-electron chi connectivity index (χ4n) is 1.75. The first-order valence-corrected chi connectivity index (χ1v) is 7.13. The fraction of sp³-hybridized carbons (Fsp3) is 0.500. The molecule has 1 rings (SSSR count). The number of halogens is 1. The molecule has 0 aliphatic heterocycles. The van der Waals surface area contributed by atoms with Crippen LogP contribution in [0.4, 0.5) is 0 Å². The Bertz CT molecular complexity index is 350. The Hall–Kier alpha value is -0.830. The third-order valence-corrected chi connectivity index (χ3v) is 3.26. The minimum absolute atomic E-state index is 0.258. The molecule has 0 aromatic heterocycles. The van der Waals surface area contributed by atoms with Crippen LogP contribution in [0.5, 0.6) is 0 Å². The van der Waals surface area contributed by atoms with Crippen LogP contribution in [0.3, 0.4) is 0 Å². The molecule has 0 N–H and O–H groups in total. The summed E-state index contributed by atoms with van der Waals surface area (Å²) >= 11 is 3.43. The summed E-state index contributed by atoms with van der Waals surface area (Å²) in [4.78, 5) is 11.4. The lowest BCUT2D eigenvalue weighted by Gasteiger charge is -2.04. The van der Waals surface area contributed by atoms with Crippen molar-refractivity contribution >= 4 is 21.9 Å². The molecule has 0 aliphatic rings. The van der Waals surface area contributed by atoms with E-state index in [1.165, 1.54) is 38.4 Å². The van der Waals surface area contributed by atoms with Crippen molar-refractivity contribution in [1.29, 1.82) is 0 Å². The van der Waals surface area contributed by atoms with Gasteiger partial charge >= 0.3 is 5.97 Å². The molecule has 3 heteroatoms. The molecule has 1 aromatic rings. The minimum Gasteiger partial charge on any atom is -0.465 e. The molecule has 0 saturated heterocycles. The van der Waals surface area contributed by atoms with Crippen molar-refractivity contribution in [3.05, 3.63) is 35.4 Å². The van der Waals surface area contributed by atoms with E-state index in [0.717, 1.165) is 11.8 Å². The molecule has 0 spiro atoms. The lowest BCUT2D eigenvalue weighted by atomic mass is 10.0. The monoisotopic (exact) mass is 298 g/mol. The highest BCUT2D eigenvalue weighted by molar-refractivity contribution is 9.09. The molecule has 0 atom stereocenters. The van der Waals surface area contributed by atoms with Gasteiger partial charge in [0.15, 0.2) is 0 Å². The van der Waals surface area contributed by atoms with Gasteiger partial charge in [-0.3, -0.25) is 0 Å². The molecular formula is C14H19BrO2. The predicted octanol–water partition coefficient (Wildman–Crippen LogP) is 3.97. The van der Waals surface area contributed by atoms with Crippen LogP contribution >= 0.6 is 15.9 Å². The number of hydrogen-bond donors (Lipinski definition) is 0. The average molecular weight is 299 g/mol. The quantitative estimate of drug-likeness (QED) is 0.432. The van der Waals surface area contributed by atoms with Crippen LogP contribution in [-0.4, -0.2) is 18.4 Å². The van der Waals surface area contributed by atoms with Gasteiger partial charge in [-0.1, -0.05) is 40.9 Å². The minimum atomic E-state index is -0.258. The van der Waals surface area contributed by atoms with Crippen molar-refractivity contribution in [2.75, 3.05) is 12.4 Å². The molecule has 94 valence electrons. The third-order valence-electron chi connectivity index (χ3n) is 2.70. The highest BCUT2D eigenvalue weighted by Crippen LogP contribution is 2.11.